The number of carbonyl (C=O) groups excluding carboxylic acids is 5. The van der Waals surface area contributed by atoms with E-state index in [0.717, 1.165) is 0 Å². The molecule has 10 nitrogen and oxygen atoms in total. The zero-order valence-electron chi connectivity index (χ0n) is 14.6. The summed E-state index contributed by atoms with van der Waals surface area (Å²) in [4.78, 5) is 56.0. The van der Waals surface area contributed by atoms with E-state index in [1.165, 1.54) is 20.8 Å². The molecule has 10 heteroatoms. The maximum absolute atomic E-state index is 11.9. The van der Waals surface area contributed by atoms with E-state index in [-0.39, 0.29) is 24.8 Å². The normalized spacial score (nSPS) is 12.4. The number of amides is 4. The summed E-state index contributed by atoms with van der Waals surface area (Å²) in [6.07, 6.45) is 1.16. The quantitative estimate of drug-likeness (QED) is 0.292. The van der Waals surface area contributed by atoms with Crippen molar-refractivity contribution in [1.29, 1.82) is 0 Å². The molecule has 0 fully saturated rings. The summed E-state index contributed by atoms with van der Waals surface area (Å²) in [5.74, 6) is -3.23. The smallest absolute Gasteiger partial charge is 0.242 e. The van der Waals surface area contributed by atoms with Crippen molar-refractivity contribution in [3.63, 3.8) is 0 Å². The van der Waals surface area contributed by atoms with Crippen molar-refractivity contribution in [2.45, 2.75) is 52.1 Å². The molecule has 2 atom stereocenters. The molecule has 0 heterocycles. The fraction of sp³-hybridized carbons (Fsp3) is 0.667. The van der Waals surface area contributed by atoms with Gasteiger partial charge in [0.15, 0.2) is 0 Å². The van der Waals surface area contributed by atoms with E-state index in [2.05, 4.69) is 21.3 Å². The van der Waals surface area contributed by atoms with Crippen LogP contribution in [0.1, 0.15) is 40.0 Å². The Labute approximate surface area is 146 Å². The van der Waals surface area contributed by atoms with Gasteiger partial charge in [-0.05, 0) is 26.2 Å². The van der Waals surface area contributed by atoms with E-state index in [4.69, 9.17) is 0 Å². The van der Waals surface area contributed by atoms with Crippen LogP contribution in [0, 0.1) is 0 Å². The minimum atomic E-state index is -1.43. The summed E-state index contributed by atoms with van der Waals surface area (Å²) in [6.45, 7) is 4.16. The van der Waals surface area contributed by atoms with Gasteiger partial charge < -0.3 is 31.2 Å². The first-order chi connectivity index (χ1) is 11.6. The van der Waals surface area contributed by atoms with Crippen LogP contribution < -0.4 is 26.4 Å². The average Bonchev–Trinajstić information content (AvgIpc) is 2.50. The van der Waals surface area contributed by atoms with Gasteiger partial charge in [-0.1, -0.05) is 0 Å². The third kappa shape index (κ3) is 11.5. The number of nitrogens with one attached hydrogen (secondary N) is 4. The fourth-order valence-corrected chi connectivity index (χ4v) is 1.85. The summed E-state index contributed by atoms with van der Waals surface area (Å²) in [5.41, 5.74) is 0. The topological polar surface area (TPSA) is 157 Å². The molecule has 0 unspecified atom stereocenters. The van der Waals surface area contributed by atoms with Crippen molar-refractivity contribution in [2.75, 3.05) is 13.1 Å². The second-order valence-electron chi connectivity index (χ2n) is 5.56. The van der Waals surface area contributed by atoms with Crippen LogP contribution in [0.15, 0.2) is 0 Å². The van der Waals surface area contributed by atoms with Crippen molar-refractivity contribution < 1.29 is 29.1 Å². The van der Waals surface area contributed by atoms with E-state index in [9.17, 15) is 29.1 Å². The number of aliphatic carboxylic acids is 1. The second-order valence-corrected chi connectivity index (χ2v) is 5.56. The minimum Gasteiger partial charge on any atom is -0.548 e. The molecule has 4 amide bonds. The van der Waals surface area contributed by atoms with Crippen LogP contribution in [0.3, 0.4) is 0 Å². The summed E-state index contributed by atoms with van der Waals surface area (Å²) < 4.78 is 0. The van der Waals surface area contributed by atoms with E-state index >= 15 is 0 Å². The highest BCUT2D eigenvalue weighted by atomic mass is 16.4. The largest absolute Gasteiger partial charge is 0.548 e. The highest BCUT2D eigenvalue weighted by Gasteiger charge is 2.19. The third-order valence-electron chi connectivity index (χ3n) is 3.16. The molecule has 0 radical (unpaired) electrons. The van der Waals surface area contributed by atoms with Crippen LogP contribution in [0.25, 0.3) is 0 Å². The molecule has 0 aromatic rings. The number of unbranched alkanes of at least 4 members (excludes halogenated alkanes) is 1. The Morgan fingerprint density at radius 1 is 0.920 bits per heavy atom. The summed E-state index contributed by atoms with van der Waals surface area (Å²) in [7, 11) is 0. The standard InChI is InChI=1S/C15H26N4O6/c1-9(18-13(22)8-17-11(3)21)14(23)19-12(15(24)25)6-4-5-7-16-10(2)20/h9,12H,4-8H2,1-3H3,(H,16,20)(H,17,21)(H,18,22)(H,19,23)(H,24,25)/p-1/t9-,12-/m0/s1. The van der Waals surface area contributed by atoms with E-state index in [1.807, 2.05) is 0 Å². The number of carboxylic acids is 1. The third-order valence-corrected chi connectivity index (χ3v) is 3.16. The molecule has 142 valence electrons. The lowest BCUT2D eigenvalue weighted by atomic mass is 10.1. The highest BCUT2D eigenvalue weighted by Crippen LogP contribution is 2.01. The van der Waals surface area contributed by atoms with Crippen molar-refractivity contribution in [1.82, 2.24) is 21.3 Å². The van der Waals surface area contributed by atoms with Gasteiger partial charge in [-0.25, -0.2) is 0 Å². The molecule has 4 N–H and O–H groups in total. The first kappa shape index (κ1) is 22.4. The van der Waals surface area contributed by atoms with Gasteiger partial charge in [0.05, 0.1) is 18.6 Å². The van der Waals surface area contributed by atoms with Gasteiger partial charge in [-0.2, -0.15) is 0 Å². The van der Waals surface area contributed by atoms with Crippen LogP contribution in [0.2, 0.25) is 0 Å². The van der Waals surface area contributed by atoms with Crippen molar-refractivity contribution in [3.05, 3.63) is 0 Å². The molecule has 0 bridgehead atoms. The first-order valence-corrected chi connectivity index (χ1v) is 7.93. The molecule has 0 aliphatic rings. The van der Waals surface area contributed by atoms with Gasteiger partial charge in [0.2, 0.25) is 23.6 Å². The summed E-state index contributed by atoms with van der Waals surface area (Å²) >= 11 is 0. The van der Waals surface area contributed by atoms with Crippen LogP contribution in [-0.2, 0) is 24.0 Å². The average molecular weight is 357 g/mol. The number of carboxylic acid groups (broad SMARTS) is 1. The van der Waals surface area contributed by atoms with E-state index in [0.29, 0.717) is 19.4 Å². The molecule has 0 aromatic heterocycles. The van der Waals surface area contributed by atoms with Crippen LogP contribution in [-0.4, -0.2) is 54.8 Å². The molecule has 0 aliphatic carbocycles. The van der Waals surface area contributed by atoms with Gasteiger partial charge in [0, 0.05) is 20.4 Å². The Bertz CT molecular complexity index is 508. The molecule has 0 aromatic carbocycles. The highest BCUT2D eigenvalue weighted by molar-refractivity contribution is 5.91. The zero-order chi connectivity index (χ0) is 19.4. The predicted octanol–water partition coefficient (Wildman–Crippen LogP) is -2.83. The van der Waals surface area contributed by atoms with Crippen LogP contribution >= 0.6 is 0 Å². The van der Waals surface area contributed by atoms with Gasteiger partial charge in [-0.15, -0.1) is 0 Å². The number of hydrogen-bond acceptors (Lipinski definition) is 6. The molecular formula is C15H25N4O6-. The molecule has 0 saturated heterocycles. The van der Waals surface area contributed by atoms with E-state index < -0.39 is 29.9 Å². The first-order valence-electron chi connectivity index (χ1n) is 7.93. The Kier molecular flexibility index (Phi) is 10.6. The fourth-order valence-electron chi connectivity index (χ4n) is 1.85. The van der Waals surface area contributed by atoms with Gasteiger partial charge in [-0.3, -0.25) is 19.2 Å². The van der Waals surface area contributed by atoms with Gasteiger partial charge in [0.25, 0.3) is 0 Å². The molecule has 0 aliphatic heterocycles. The van der Waals surface area contributed by atoms with Crippen molar-refractivity contribution in [2.24, 2.45) is 0 Å². The predicted molar refractivity (Wildman–Crippen MR) is 85.8 cm³/mol. The minimum absolute atomic E-state index is 0.139. The summed E-state index contributed by atoms with van der Waals surface area (Å²) in [5, 5.41) is 20.6. The molecule has 25 heavy (non-hydrogen) atoms. The molecule has 0 rings (SSSR count). The molecular weight excluding hydrogens is 332 g/mol. The van der Waals surface area contributed by atoms with E-state index in [1.54, 1.807) is 0 Å². The SMILES string of the molecule is CC(=O)NCCCC[C@H](NC(=O)[C@H](C)NC(=O)CNC(C)=O)C(=O)[O-]. The van der Waals surface area contributed by atoms with Crippen molar-refractivity contribution in [3.8, 4) is 0 Å². The Balaban J connectivity index is 4.29. The van der Waals surface area contributed by atoms with Gasteiger partial charge in [0.1, 0.15) is 6.04 Å². The maximum atomic E-state index is 11.9. The monoisotopic (exact) mass is 357 g/mol. The lowest BCUT2D eigenvalue weighted by Gasteiger charge is -2.22. The van der Waals surface area contributed by atoms with Crippen molar-refractivity contribution >= 4 is 29.6 Å². The number of rotatable bonds is 11. The van der Waals surface area contributed by atoms with Gasteiger partial charge >= 0.3 is 0 Å². The maximum Gasteiger partial charge on any atom is 0.242 e. The van der Waals surface area contributed by atoms with Crippen LogP contribution in [0.4, 0.5) is 0 Å². The lowest BCUT2D eigenvalue weighted by molar-refractivity contribution is -0.308. The Morgan fingerprint density at radius 3 is 2.04 bits per heavy atom. The van der Waals surface area contributed by atoms with Crippen LogP contribution in [0.5, 0.6) is 0 Å². The summed E-state index contributed by atoms with van der Waals surface area (Å²) in [6, 6.07) is -2.16. The zero-order valence-corrected chi connectivity index (χ0v) is 14.6. The molecule has 0 saturated carbocycles. The Hall–Kier alpha value is -2.65. The second kappa shape index (κ2) is 11.8. The molecule has 0 spiro atoms. The number of carbonyl (C=O) groups is 5. The lowest BCUT2D eigenvalue weighted by Crippen LogP contribution is -2.54. The Morgan fingerprint density at radius 2 is 1.52 bits per heavy atom. The number of hydrogen-bond donors (Lipinski definition) is 4.